The molecular weight excluding hydrogens is 352 g/mol. The summed E-state index contributed by atoms with van der Waals surface area (Å²) in [6, 6.07) is 12.1. The second-order valence-corrected chi connectivity index (χ2v) is 7.38. The largest absolute Gasteiger partial charge is 0.497 e. The second-order valence-electron chi connectivity index (χ2n) is 7.38. The fourth-order valence-corrected chi connectivity index (χ4v) is 3.40. The highest BCUT2D eigenvalue weighted by Crippen LogP contribution is 2.27. The van der Waals surface area contributed by atoms with Gasteiger partial charge >= 0.3 is 0 Å². The number of likely N-dealkylation sites (N-methyl/N-ethyl adjacent to an activating group) is 1. The molecule has 5 nitrogen and oxygen atoms in total. The number of benzene rings is 2. The van der Waals surface area contributed by atoms with Gasteiger partial charge < -0.3 is 19.4 Å². The van der Waals surface area contributed by atoms with Crippen LogP contribution in [-0.4, -0.2) is 38.6 Å². The zero-order valence-electron chi connectivity index (χ0n) is 17.2. The molecule has 0 spiro atoms. The predicted octanol–water partition coefficient (Wildman–Crippen LogP) is 4.02. The number of ether oxygens (including phenoxy) is 1. The van der Waals surface area contributed by atoms with Gasteiger partial charge in [0.2, 0.25) is 5.91 Å². The smallest absolute Gasteiger partial charge is 0.224 e. The quantitative estimate of drug-likeness (QED) is 0.673. The number of nitrogens with one attached hydrogen (secondary N) is 1. The van der Waals surface area contributed by atoms with Crippen LogP contribution in [0.15, 0.2) is 47.1 Å². The Hall–Kier alpha value is -2.79. The average Bonchev–Trinajstić information content (AvgIpc) is 3.08. The van der Waals surface area contributed by atoms with E-state index in [-0.39, 0.29) is 11.9 Å². The molecule has 5 heteroatoms. The highest BCUT2D eigenvalue weighted by atomic mass is 16.5. The molecule has 0 saturated heterocycles. The summed E-state index contributed by atoms with van der Waals surface area (Å²) < 4.78 is 10.9. The first kappa shape index (κ1) is 20.0. The van der Waals surface area contributed by atoms with E-state index in [1.807, 2.05) is 51.4 Å². The molecule has 0 saturated carbocycles. The number of aryl methyl sites for hydroxylation is 2. The maximum atomic E-state index is 12.6. The minimum absolute atomic E-state index is 0.0127. The number of hydrogen-bond acceptors (Lipinski definition) is 4. The van der Waals surface area contributed by atoms with E-state index in [1.165, 1.54) is 5.56 Å². The summed E-state index contributed by atoms with van der Waals surface area (Å²) in [7, 11) is 5.67. The van der Waals surface area contributed by atoms with Crippen molar-refractivity contribution in [1.29, 1.82) is 0 Å². The van der Waals surface area contributed by atoms with Crippen LogP contribution in [0.1, 0.15) is 28.3 Å². The summed E-state index contributed by atoms with van der Waals surface area (Å²) >= 11 is 0. The summed E-state index contributed by atoms with van der Waals surface area (Å²) in [4.78, 5) is 14.7. The molecule has 0 fully saturated rings. The summed E-state index contributed by atoms with van der Waals surface area (Å²) in [6.07, 6.45) is 2.00. The van der Waals surface area contributed by atoms with Crippen LogP contribution < -0.4 is 10.1 Å². The standard InChI is InChI=1S/C23H28N2O3/c1-15-6-11-20-18(14-28-23(20)16(15)2)12-22(26)24-13-21(25(3)4)17-7-9-19(27-5)10-8-17/h6-11,14,21H,12-13H2,1-5H3,(H,24,26)/t21-/m1/s1. The van der Waals surface area contributed by atoms with Crippen molar-refractivity contribution in [3.63, 3.8) is 0 Å². The molecule has 148 valence electrons. The predicted molar refractivity (Wildman–Crippen MR) is 112 cm³/mol. The Morgan fingerprint density at radius 1 is 1.14 bits per heavy atom. The van der Waals surface area contributed by atoms with Crippen molar-refractivity contribution in [3.05, 3.63) is 64.9 Å². The molecule has 0 aliphatic heterocycles. The fraction of sp³-hybridized carbons (Fsp3) is 0.348. The topological polar surface area (TPSA) is 54.7 Å². The highest BCUT2D eigenvalue weighted by Gasteiger charge is 2.17. The van der Waals surface area contributed by atoms with Crippen LogP contribution in [0.25, 0.3) is 11.0 Å². The SMILES string of the molecule is COc1ccc([C@@H](CNC(=O)Cc2coc3c(C)c(C)ccc23)N(C)C)cc1. The average molecular weight is 380 g/mol. The third-order valence-corrected chi connectivity index (χ3v) is 5.31. The van der Waals surface area contributed by atoms with Gasteiger partial charge in [0.1, 0.15) is 11.3 Å². The van der Waals surface area contributed by atoms with Crippen molar-refractivity contribution < 1.29 is 13.9 Å². The van der Waals surface area contributed by atoms with Gasteiger partial charge in [-0.05, 0) is 56.8 Å². The number of hydrogen-bond donors (Lipinski definition) is 1. The van der Waals surface area contributed by atoms with E-state index in [0.29, 0.717) is 13.0 Å². The van der Waals surface area contributed by atoms with E-state index < -0.39 is 0 Å². The second kappa shape index (κ2) is 8.48. The molecule has 3 aromatic rings. The molecule has 1 N–H and O–H groups in total. The van der Waals surface area contributed by atoms with Gasteiger partial charge in [0.05, 0.1) is 25.8 Å². The Labute approximate surface area is 166 Å². The minimum Gasteiger partial charge on any atom is -0.497 e. The van der Waals surface area contributed by atoms with Crippen molar-refractivity contribution in [3.8, 4) is 5.75 Å². The molecule has 0 bridgehead atoms. The van der Waals surface area contributed by atoms with Crippen molar-refractivity contribution >= 4 is 16.9 Å². The molecule has 1 amide bonds. The number of amides is 1. The molecule has 1 heterocycles. The van der Waals surface area contributed by atoms with Gasteiger partial charge in [-0.3, -0.25) is 4.79 Å². The molecule has 3 rings (SSSR count). The van der Waals surface area contributed by atoms with Crippen molar-refractivity contribution in [1.82, 2.24) is 10.2 Å². The highest BCUT2D eigenvalue weighted by molar-refractivity contribution is 5.89. The van der Waals surface area contributed by atoms with Crippen molar-refractivity contribution in [2.24, 2.45) is 0 Å². The van der Waals surface area contributed by atoms with Crippen LogP contribution >= 0.6 is 0 Å². The molecule has 1 atom stereocenters. The Balaban J connectivity index is 1.67. The van der Waals surface area contributed by atoms with Gasteiger partial charge in [0.25, 0.3) is 0 Å². The number of fused-ring (bicyclic) bond motifs is 1. The van der Waals surface area contributed by atoms with Crippen LogP contribution in [-0.2, 0) is 11.2 Å². The third kappa shape index (κ3) is 4.20. The number of furan rings is 1. The first-order valence-electron chi connectivity index (χ1n) is 9.44. The number of carbonyl (C=O) groups excluding carboxylic acids is 1. The molecular formula is C23H28N2O3. The molecule has 0 aliphatic carbocycles. The minimum atomic E-state index is -0.0127. The molecule has 28 heavy (non-hydrogen) atoms. The van der Waals surface area contributed by atoms with Crippen LogP contribution in [0.5, 0.6) is 5.75 Å². The number of methoxy groups -OCH3 is 1. The van der Waals surface area contributed by atoms with E-state index >= 15 is 0 Å². The Morgan fingerprint density at radius 2 is 1.86 bits per heavy atom. The monoisotopic (exact) mass is 380 g/mol. The van der Waals surface area contributed by atoms with Gasteiger partial charge in [-0.25, -0.2) is 0 Å². The van der Waals surface area contributed by atoms with Crippen LogP contribution in [0.3, 0.4) is 0 Å². The Kier molecular flexibility index (Phi) is 6.05. The lowest BCUT2D eigenvalue weighted by Crippen LogP contribution is -2.35. The summed E-state index contributed by atoms with van der Waals surface area (Å²) in [6.45, 7) is 4.64. The number of carbonyl (C=O) groups is 1. The van der Waals surface area contributed by atoms with E-state index in [0.717, 1.165) is 33.4 Å². The molecule has 0 unspecified atom stereocenters. The van der Waals surface area contributed by atoms with Gasteiger partial charge in [-0.15, -0.1) is 0 Å². The lowest BCUT2D eigenvalue weighted by Gasteiger charge is -2.25. The Bertz CT molecular complexity index is 958. The Morgan fingerprint density at radius 3 is 2.50 bits per heavy atom. The third-order valence-electron chi connectivity index (χ3n) is 5.31. The lowest BCUT2D eigenvalue weighted by molar-refractivity contribution is -0.120. The first-order valence-corrected chi connectivity index (χ1v) is 9.44. The summed E-state index contributed by atoms with van der Waals surface area (Å²) in [5.41, 5.74) is 5.22. The maximum absolute atomic E-state index is 12.6. The van der Waals surface area contributed by atoms with E-state index in [9.17, 15) is 4.79 Å². The number of rotatable bonds is 7. The lowest BCUT2D eigenvalue weighted by atomic mass is 10.0. The van der Waals surface area contributed by atoms with Gasteiger partial charge in [0.15, 0.2) is 0 Å². The van der Waals surface area contributed by atoms with E-state index in [4.69, 9.17) is 9.15 Å². The van der Waals surface area contributed by atoms with E-state index in [1.54, 1.807) is 13.4 Å². The molecule has 0 aliphatic rings. The molecule has 0 radical (unpaired) electrons. The zero-order valence-corrected chi connectivity index (χ0v) is 17.2. The van der Waals surface area contributed by atoms with Gasteiger partial charge in [-0.2, -0.15) is 0 Å². The van der Waals surface area contributed by atoms with Crippen LogP contribution in [0.4, 0.5) is 0 Å². The summed E-state index contributed by atoms with van der Waals surface area (Å²) in [5.74, 6) is 0.809. The van der Waals surface area contributed by atoms with Crippen molar-refractivity contribution in [2.75, 3.05) is 27.7 Å². The fourth-order valence-electron chi connectivity index (χ4n) is 3.40. The van der Waals surface area contributed by atoms with Gasteiger partial charge in [0, 0.05) is 17.5 Å². The summed E-state index contributed by atoms with van der Waals surface area (Å²) in [5, 5.41) is 4.08. The zero-order chi connectivity index (χ0) is 20.3. The van der Waals surface area contributed by atoms with Crippen molar-refractivity contribution in [2.45, 2.75) is 26.3 Å². The molecule has 2 aromatic carbocycles. The number of nitrogens with zero attached hydrogens (tertiary/aromatic N) is 1. The maximum Gasteiger partial charge on any atom is 0.224 e. The van der Waals surface area contributed by atoms with E-state index in [2.05, 4.69) is 23.2 Å². The van der Waals surface area contributed by atoms with Gasteiger partial charge in [-0.1, -0.05) is 24.3 Å². The van der Waals surface area contributed by atoms with Crippen LogP contribution in [0, 0.1) is 13.8 Å². The molecule has 1 aromatic heterocycles. The van der Waals surface area contributed by atoms with Crippen LogP contribution in [0.2, 0.25) is 0 Å². The normalized spacial score (nSPS) is 12.4. The first-order chi connectivity index (χ1) is 13.4.